The number of hydrogen-bond donors (Lipinski definition) is 0. The van der Waals surface area contributed by atoms with E-state index in [9.17, 15) is 0 Å². The maximum absolute atomic E-state index is 5.42. The van der Waals surface area contributed by atoms with Gasteiger partial charge >= 0.3 is 0 Å². The molecule has 0 aliphatic carbocycles. The average Bonchev–Trinajstić information content (AvgIpc) is 2.67. The second kappa shape index (κ2) is 6.61. The third-order valence-electron chi connectivity index (χ3n) is 4.04. The van der Waals surface area contributed by atoms with Gasteiger partial charge in [0.1, 0.15) is 11.4 Å². The van der Waals surface area contributed by atoms with Crippen molar-refractivity contribution in [3.8, 4) is 11.5 Å². The average molecular weight is 348 g/mol. The number of hydrogen-bond acceptors (Lipinski definition) is 5. The van der Waals surface area contributed by atoms with E-state index in [1.54, 1.807) is 32.3 Å². The number of benzene rings is 3. The molecule has 1 aromatic heterocycles. The quantitative estimate of drug-likeness (QED) is 0.488. The summed E-state index contributed by atoms with van der Waals surface area (Å²) in [6, 6.07) is 18.5. The van der Waals surface area contributed by atoms with Gasteiger partial charge < -0.3 is 9.47 Å². The molecule has 124 valence electrons. The fourth-order valence-electron chi connectivity index (χ4n) is 2.78. The molecule has 5 heteroatoms. The van der Waals surface area contributed by atoms with Crippen LogP contribution in [0, 0.1) is 0 Å². The first-order valence-corrected chi connectivity index (χ1v) is 8.63. The monoisotopic (exact) mass is 348 g/mol. The molecule has 0 amide bonds. The molecule has 0 radical (unpaired) electrons. The largest absolute Gasteiger partial charge is 0.493 e. The highest BCUT2D eigenvalue weighted by atomic mass is 32.2. The van der Waals surface area contributed by atoms with E-state index in [2.05, 4.69) is 40.3 Å². The van der Waals surface area contributed by atoms with Crippen LogP contribution >= 0.6 is 11.8 Å². The lowest BCUT2D eigenvalue weighted by atomic mass is 10.1. The summed E-state index contributed by atoms with van der Waals surface area (Å²) in [6.45, 7) is 0. The van der Waals surface area contributed by atoms with Crippen molar-refractivity contribution in [2.75, 3.05) is 14.2 Å². The Morgan fingerprint density at radius 3 is 2.36 bits per heavy atom. The highest BCUT2D eigenvalue weighted by molar-refractivity contribution is 7.99. The standard InChI is InChI=1S/C20H16N2O2S/c1-23-18-10-16-17(11-19(18)24-2)21-12-22-20(16)25-15-8-7-13-5-3-4-6-14(13)9-15/h3-12H,1-2H3. The van der Waals surface area contributed by atoms with Gasteiger partial charge in [0.15, 0.2) is 11.5 Å². The molecule has 3 aromatic carbocycles. The van der Waals surface area contributed by atoms with Crippen LogP contribution in [-0.2, 0) is 0 Å². The smallest absolute Gasteiger partial charge is 0.162 e. The van der Waals surface area contributed by atoms with E-state index < -0.39 is 0 Å². The predicted molar refractivity (Wildman–Crippen MR) is 101 cm³/mol. The summed E-state index contributed by atoms with van der Waals surface area (Å²) in [5, 5.41) is 4.27. The molecule has 0 bridgehead atoms. The van der Waals surface area contributed by atoms with Crippen LogP contribution in [0.1, 0.15) is 0 Å². The lowest BCUT2D eigenvalue weighted by molar-refractivity contribution is 0.355. The van der Waals surface area contributed by atoms with Crippen molar-refractivity contribution in [3.63, 3.8) is 0 Å². The van der Waals surface area contributed by atoms with Gasteiger partial charge in [0, 0.05) is 16.3 Å². The Kier molecular flexibility index (Phi) is 4.15. The van der Waals surface area contributed by atoms with Crippen LogP contribution in [0.3, 0.4) is 0 Å². The number of fused-ring (bicyclic) bond motifs is 2. The van der Waals surface area contributed by atoms with Crippen molar-refractivity contribution in [1.29, 1.82) is 0 Å². The van der Waals surface area contributed by atoms with Gasteiger partial charge in [-0.05, 0) is 29.0 Å². The van der Waals surface area contributed by atoms with Crippen molar-refractivity contribution in [3.05, 3.63) is 60.9 Å². The summed E-state index contributed by atoms with van der Waals surface area (Å²) in [4.78, 5) is 9.96. The van der Waals surface area contributed by atoms with E-state index in [1.807, 2.05) is 24.3 Å². The molecule has 1 heterocycles. The van der Waals surface area contributed by atoms with Crippen LogP contribution in [0.5, 0.6) is 11.5 Å². The zero-order valence-electron chi connectivity index (χ0n) is 13.9. The molecule has 0 fully saturated rings. The number of nitrogens with zero attached hydrogens (tertiary/aromatic N) is 2. The topological polar surface area (TPSA) is 44.2 Å². The van der Waals surface area contributed by atoms with Crippen LogP contribution in [-0.4, -0.2) is 24.2 Å². The number of rotatable bonds is 4. The van der Waals surface area contributed by atoms with E-state index in [4.69, 9.17) is 9.47 Å². The van der Waals surface area contributed by atoms with E-state index >= 15 is 0 Å². The molecule has 0 aliphatic heterocycles. The van der Waals surface area contributed by atoms with E-state index in [-0.39, 0.29) is 0 Å². The highest BCUT2D eigenvalue weighted by Crippen LogP contribution is 2.37. The molecule has 0 saturated carbocycles. The minimum absolute atomic E-state index is 0.662. The van der Waals surface area contributed by atoms with Crippen LogP contribution in [0.4, 0.5) is 0 Å². The fourth-order valence-corrected chi connectivity index (χ4v) is 3.70. The molecule has 4 nitrogen and oxygen atoms in total. The Morgan fingerprint density at radius 1 is 0.800 bits per heavy atom. The summed E-state index contributed by atoms with van der Waals surface area (Å²) in [6.07, 6.45) is 1.58. The number of methoxy groups -OCH3 is 2. The molecule has 0 aliphatic rings. The number of ether oxygens (including phenoxy) is 2. The molecular formula is C20H16N2O2S. The minimum Gasteiger partial charge on any atom is -0.493 e. The first-order valence-electron chi connectivity index (χ1n) is 7.82. The maximum atomic E-state index is 5.42. The summed E-state index contributed by atoms with van der Waals surface area (Å²) in [5.74, 6) is 1.33. The Balaban J connectivity index is 1.79. The van der Waals surface area contributed by atoms with Gasteiger partial charge in [0.05, 0.1) is 19.7 Å². The predicted octanol–water partition coefficient (Wildman–Crippen LogP) is 4.95. The second-order valence-electron chi connectivity index (χ2n) is 5.51. The highest BCUT2D eigenvalue weighted by Gasteiger charge is 2.12. The van der Waals surface area contributed by atoms with Crippen molar-refractivity contribution < 1.29 is 9.47 Å². The van der Waals surface area contributed by atoms with Crippen LogP contribution in [0.25, 0.3) is 21.7 Å². The maximum Gasteiger partial charge on any atom is 0.162 e. The van der Waals surface area contributed by atoms with Gasteiger partial charge in [0.25, 0.3) is 0 Å². The molecule has 0 N–H and O–H groups in total. The first-order chi connectivity index (χ1) is 12.3. The third kappa shape index (κ3) is 2.98. The molecule has 4 aromatic rings. The normalized spacial score (nSPS) is 11.0. The Morgan fingerprint density at radius 2 is 1.56 bits per heavy atom. The molecule has 0 saturated heterocycles. The van der Waals surface area contributed by atoms with Gasteiger partial charge in [-0.2, -0.15) is 0 Å². The number of aromatic nitrogens is 2. The lowest BCUT2D eigenvalue weighted by Crippen LogP contribution is -1.93. The van der Waals surface area contributed by atoms with Gasteiger partial charge in [-0.25, -0.2) is 9.97 Å². The molecule has 25 heavy (non-hydrogen) atoms. The molecule has 0 spiro atoms. The Hall–Kier alpha value is -2.79. The molecule has 0 atom stereocenters. The summed E-state index contributed by atoms with van der Waals surface area (Å²) >= 11 is 1.62. The van der Waals surface area contributed by atoms with Crippen LogP contribution < -0.4 is 9.47 Å². The van der Waals surface area contributed by atoms with Gasteiger partial charge in [0.2, 0.25) is 0 Å². The van der Waals surface area contributed by atoms with Crippen molar-refractivity contribution in [2.45, 2.75) is 9.92 Å². The summed E-state index contributed by atoms with van der Waals surface area (Å²) in [7, 11) is 3.25. The van der Waals surface area contributed by atoms with Gasteiger partial charge in [-0.15, -0.1) is 0 Å². The second-order valence-corrected chi connectivity index (χ2v) is 6.58. The zero-order valence-corrected chi connectivity index (χ0v) is 14.7. The Labute approximate surface area is 149 Å². The van der Waals surface area contributed by atoms with Crippen LogP contribution in [0.15, 0.2) is 70.8 Å². The van der Waals surface area contributed by atoms with E-state index in [0.717, 1.165) is 20.8 Å². The SMILES string of the molecule is COc1cc2ncnc(Sc3ccc4ccccc4c3)c2cc1OC. The van der Waals surface area contributed by atoms with Crippen LogP contribution in [0.2, 0.25) is 0 Å². The minimum atomic E-state index is 0.662. The van der Waals surface area contributed by atoms with Gasteiger partial charge in [-0.1, -0.05) is 42.1 Å². The van der Waals surface area contributed by atoms with E-state index in [1.165, 1.54) is 10.8 Å². The van der Waals surface area contributed by atoms with Crippen molar-refractivity contribution in [1.82, 2.24) is 9.97 Å². The van der Waals surface area contributed by atoms with E-state index in [0.29, 0.717) is 11.5 Å². The van der Waals surface area contributed by atoms with Crippen molar-refractivity contribution >= 4 is 33.4 Å². The molecular weight excluding hydrogens is 332 g/mol. The fraction of sp³-hybridized carbons (Fsp3) is 0.100. The summed E-state index contributed by atoms with van der Waals surface area (Å²) < 4.78 is 10.8. The molecule has 4 rings (SSSR count). The lowest BCUT2D eigenvalue weighted by Gasteiger charge is -2.11. The van der Waals surface area contributed by atoms with Crippen molar-refractivity contribution in [2.24, 2.45) is 0 Å². The first kappa shape index (κ1) is 15.7. The Bertz CT molecular complexity index is 1070. The third-order valence-corrected chi connectivity index (χ3v) is 5.05. The zero-order chi connectivity index (χ0) is 17.2. The van der Waals surface area contributed by atoms with Gasteiger partial charge in [-0.3, -0.25) is 0 Å². The summed E-state index contributed by atoms with van der Waals surface area (Å²) in [5.41, 5.74) is 0.830. The molecule has 0 unspecified atom stereocenters.